The molecule has 48 valence electrons. The molecule has 9 heavy (non-hydrogen) atoms. The van der Waals surface area contributed by atoms with Gasteiger partial charge in [0.25, 0.3) is 0 Å². The Labute approximate surface area is 57.1 Å². The van der Waals surface area contributed by atoms with E-state index in [2.05, 4.69) is 31.7 Å². The van der Waals surface area contributed by atoms with Crippen LogP contribution in [0, 0.1) is 5.41 Å². The van der Waals surface area contributed by atoms with Crippen LogP contribution in [0.2, 0.25) is 0 Å². The normalized spacial score (nSPS) is 17.4. The van der Waals surface area contributed by atoms with Gasteiger partial charge in [-0.15, -0.1) is 0 Å². The van der Waals surface area contributed by atoms with Gasteiger partial charge in [-0.2, -0.15) is 0 Å². The number of hydrogen-bond acceptors (Lipinski definition) is 1. The molecule has 0 unspecified atom stereocenters. The van der Waals surface area contributed by atoms with Crippen molar-refractivity contribution in [2.24, 2.45) is 10.4 Å². The molecule has 1 aliphatic rings. The van der Waals surface area contributed by atoms with Crippen LogP contribution in [0.15, 0.2) is 17.2 Å². The van der Waals surface area contributed by atoms with Crippen LogP contribution in [0.25, 0.3) is 0 Å². The predicted molar refractivity (Wildman–Crippen MR) is 43.2 cm³/mol. The topological polar surface area (TPSA) is 12.4 Å². The predicted octanol–water partition coefficient (Wildman–Crippen LogP) is 1.35. The third kappa shape index (κ3) is 1.44. The van der Waals surface area contributed by atoms with E-state index in [1.165, 1.54) is 5.61 Å². The minimum atomic E-state index is 0.267. The van der Waals surface area contributed by atoms with E-state index in [4.69, 9.17) is 0 Å². The maximum absolute atomic E-state index is 4.24. The van der Waals surface area contributed by atoms with Crippen molar-refractivity contribution in [3.8, 4) is 0 Å². The van der Waals surface area contributed by atoms with E-state index in [1.807, 2.05) is 6.20 Å². The average molecular weight is 121 g/mol. The van der Waals surface area contributed by atoms with Gasteiger partial charge in [-0.3, -0.25) is 4.99 Å². The fraction of sp³-hybridized carbons (Fsp3) is 0.571. The molecule has 0 aromatic heterocycles. The summed E-state index contributed by atoms with van der Waals surface area (Å²) < 4.78 is 0. The second-order valence-corrected chi connectivity index (χ2v) is 3.41. The van der Waals surface area contributed by atoms with Crippen LogP contribution in [0.4, 0.5) is 0 Å². The molecule has 0 spiro atoms. The van der Waals surface area contributed by atoms with Crippen LogP contribution >= 0.6 is 0 Å². The molecule has 0 bridgehead atoms. The Balaban J connectivity index is 2.66. The van der Waals surface area contributed by atoms with Gasteiger partial charge in [0, 0.05) is 6.20 Å². The van der Waals surface area contributed by atoms with E-state index in [-0.39, 0.29) is 5.41 Å². The molecular weight excluding hydrogens is 109 g/mol. The lowest BCUT2D eigenvalue weighted by Crippen LogP contribution is -2.23. The van der Waals surface area contributed by atoms with E-state index >= 15 is 0 Å². The summed E-state index contributed by atoms with van der Waals surface area (Å²) in [5.74, 6) is 2.10. The lowest BCUT2D eigenvalue weighted by molar-refractivity contribution is 0.600. The van der Waals surface area contributed by atoms with Crippen molar-refractivity contribution in [1.82, 2.24) is 0 Å². The first-order valence-electron chi connectivity index (χ1n) is 3.33. The first-order valence-corrected chi connectivity index (χ1v) is 3.33. The summed E-state index contributed by atoms with van der Waals surface area (Å²) in [4.78, 5) is 4.24. The molecule has 1 aliphatic heterocycles. The zero-order chi connectivity index (χ0) is 6.91. The maximum Gasteiger partial charge on any atom is 0.204 e. The first-order chi connectivity index (χ1) is 4.11. The number of hydrogen-bond donors (Lipinski definition) is 0. The molecule has 0 fully saturated rings. The lowest BCUT2D eigenvalue weighted by atomic mass is 9.64. The monoisotopic (exact) mass is 121 g/mol. The standard InChI is InChI=1S/C7H12BN/c1-7(2,3)6-8-4-5-9-6/h4-5,8H,1-3H3. The Morgan fingerprint density at radius 3 is 2.33 bits per heavy atom. The third-order valence-corrected chi connectivity index (χ3v) is 1.51. The molecule has 0 atom stereocenters. The molecule has 0 aromatic rings. The Hall–Kier alpha value is -0.525. The van der Waals surface area contributed by atoms with Crippen molar-refractivity contribution < 1.29 is 0 Å². The zero-order valence-corrected chi connectivity index (χ0v) is 6.31. The molecule has 0 saturated heterocycles. The summed E-state index contributed by atoms with van der Waals surface area (Å²) in [5, 5.41) is 0. The summed E-state index contributed by atoms with van der Waals surface area (Å²) in [6, 6.07) is 0. The highest BCUT2D eigenvalue weighted by Gasteiger charge is 2.19. The summed E-state index contributed by atoms with van der Waals surface area (Å²) in [5.41, 5.74) is 1.56. The highest BCUT2D eigenvalue weighted by molar-refractivity contribution is 6.81. The summed E-state index contributed by atoms with van der Waals surface area (Å²) in [7, 11) is 1.05. The fourth-order valence-corrected chi connectivity index (χ4v) is 0.860. The molecule has 1 rings (SSSR count). The smallest absolute Gasteiger partial charge is 0.204 e. The average Bonchev–Trinajstić information content (AvgIpc) is 2.08. The molecule has 0 amide bonds. The minimum absolute atomic E-state index is 0.267. The molecule has 0 radical (unpaired) electrons. The van der Waals surface area contributed by atoms with Crippen LogP contribution in [0.3, 0.4) is 0 Å². The third-order valence-electron chi connectivity index (χ3n) is 1.51. The van der Waals surface area contributed by atoms with Crippen LogP contribution < -0.4 is 0 Å². The zero-order valence-electron chi connectivity index (χ0n) is 6.31. The molecule has 0 saturated carbocycles. The van der Waals surface area contributed by atoms with Gasteiger partial charge in [0.15, 0.2) is 0 Å². The van der Waals surface area contributed by atoms with Crippen LogP contribution in [-0.4, -0.2) is 12.9 Å². The Morgan fingerprint density at radius 2 is 2.11 bits per heavy atom. The Morgan fingerprint density at radius 1 is 1.44 bits per heavy atom. The van der Waals surface area contributed by atoms with Gasteiger partial charge in [-0.1, -0.05) is 26.7 Å². The number of rotatable bonds is 0. The van der Waals surface area contributed by atoms with Crippen molar-refractivity contribution in [3.05, 3.63) is 12.2 Å². The van der Waals surface area contributed by atoms with Gasteiger partial charge < -0.3 is 0 Å². The number of nitrogens with zero attached hydrogens (tertiary/aromatic N) is 1. The van der Waals surface area contributed by atoms with Crippen molar-refractivity contribution >= 4 is 12.9 Å². The van der Waals surface area contributed by atoms with E-state index < -0.39 is 0 Å². The van der Waals surface area contributed by atoms with Crippen molar-refractivity contribution in [2.75, 3.05) is 0 Å². The summed E-state index contributed by atoms with van der Waals surface area (Å²) >= 11 is 0. The van der Waals surface area contributed by atoms with Crippen molar-refractivity contribution in [3.63, 3.8) is 0 Å². The van der Waals surface area contributed by atoms with Gasteiger partial charge in [-0.25, -0.2) is 0 Å². The van der Waals surface area contributed by atoms with Gasteiger partial charge in [-0.05, 0) is 11.0 Å². The van der Waals surface area contributed by atoms with Gasteiger partial charge in [0.05, 0.1) is 0 Å². The SMILES string of the molecule is CC(C)(C)C1=NC=CB1. The summed E-state index contributed by atoms with van der Waals surface area (Å²) in [6.07, 6.45) is 1.89. The number of aliphatic imine (C=N–C) groups is 1. The van der Waals surface area contributed by atoms with Crippen LogP contribution in [-0.2, 0) is 0 Å². The highest BCUT2D eigenvalue weighted by atomic mass is 14.7. The van der Waals surface area contributed by atoms with Gasteiger partial charge in [0.1, 0.15) is 0 Å². The molecular formula is C7H12BN. The highest BCUT2D eigenvalue weighted by Crippen LogP contribution is 2.17. The first kappa shape index (κ1) is 6.59. The second-order valence-electron chi connectivity index (χ2n) is 3.41. The molecule has 1 heterocycles. The van der Waals surface area contributed by atoms with E-state index in [0.29, 0.717) is 0 Å². The van der Waals surface area contributed by atoms with Crippen molar-refractivity contribution in [2.45, 2.75) is 20.8 Å². The van der Waals surface area contributed by atoms with Crippen LogP contribution in [0.1, 0.15) is 20.8 Å². The lowest BCUT2D eigenvalue weighted by Gasteiger charge is -2.17. The Kier molecular flexibility index (Phi) is 1.48. The van der Waals surface area contributed by atoms with Crippen molar-refractivity contribution in [1.29, 1.82) is 0 Å². The second kappa shape index (κ2) is 2.01. The molecule has 0 aliphatic carbocycles. The van der Waals surface area contributed by atoms with Gasteiger partial charge in [0.2, 0.25) is 7.28 Å². The van der Waals surface area contributed by atoms with E-state index in [9.17, 15) is 0 Å². The van der Waals surface area contributed by atoms with E-state index in [0.717, 1.165) is 7.28 Å². The van der Waals surface area contributed by atoms with Crippen LogP contribution in [0.5, 0.6) is 0 Å². The molecule has 2 heteroatoms. The molecule has 0 aromatic carbocycles. The van der Waals surface area contributed by atoms with E-state index in [1.54, 1.807) is 0 Å². The van der Waals surface area contributed by atoms with Gasteiger partial charge >= 0.3 is 0 Å². The fourth-order valence-electron chi connectivity index (χ4n) is 0.860. The maximum atomic E-state index is 4.24. The Bertz CT molecular complexity index is 162. The molecule has 0 N–H and O–H groups in total. The summed E-state index contributed by atoms with van der Waals surface area (Å²) in [6.45, 7) is 6.58. The molecule has 1 nitrogen and oxygen atoms in total. The quantitative estimate of drug-likeness (QED) is 0.429. The minimum Gasteiger partial charge on any atom is -0.276 e. The largest absolute Gasteiger partial charge is 0.276 e.